The molecule has 0 spiro atoms. The Hall–Kier alpha value is -5.44. The lowest BCUT2D eigenvalue weighted by atomic mass is 9.98. The van der Waals surface area contributed by atoms with Crippen LogP contribution in [0, 0.1) is 11.8 Å². The summed E-state index contributed by atoms with van der Waals surface area (Å²) in [5.74, 6) is 0.857. The molecule has 1 aliphatic carbocycles. The van der Waals surface area contributed by atoms with Crippen LogP contribution >= 0.6 is 11.3 Å². The Bertz CT molecular complexity index is 2340. The summed E-state index contributed by atoms with van der Waals surface area (Å²) < 4.78 is 4.80. The molecule has 5 aromatic rings. The zero-order valence-electron chi connectivity index (χ0n) is 32.3. The zero-order valence-corrected chi connectivity index (χ0v) is 33.1. The molecule has 2 saturated heterocycles. The molecule has 4 atom stereocenters. The van der Waals surface area contributed by atoms with Gasteiger partial charge in [-0.1, -0.05) is 45.9 Å². The summed E-state index contributed by atoms with van der Waals surface area (Å²) in [5, 5.41) is 16.6. The van der Waals surface area contributed by atoms with E-state index in [1.165, 1.54) is 12.7 Å². The number of methoxy groups -OCH3 is 1. The number of aromatic amines is 2. The Morgan fingerprint density at radius 2 is 1.52 bits per heavy atom. The van der Waals surface area contributed by atoms with Gasteiger partial charge in [0.05, 0.1) is 35.1 Å². The van der Waals surface area contributed by atoms with Crippen molar-refractivity contribution in [3.8, 4) is 21.0 Å². The number of carbonyl (C=O) groups is 4. The number of likely N-dealkylation sites (tertiary alicyclic amines) is 2. The van der Waals surface area contributed by atoms with Crippen LogP contribution in [-0.4, -0.2) is 91.1 Å². The van der Waals surface area contributed by atoms with E-state index in [1.54, 1.807) is 16.2 Å². The summed E-state index contributed by atoms with van der Waals surface area (Å²) in [6.07, 6.45) is 3.11. The lowest BCUT2D eigenvalue weighted by molar-refractivity contribution is -0.136. The van der Waals surface area contributed by atoms with E-state index >= 15 is 0 Å². The number of hydrogen-bond acceptors (Lipinski definition) is 8. The molecular weight excluding hydrogens is 733 g/mol. The molecule has 0 unspecified atom stereocenters. The minimum atomic E-state index is -1.21. The van der Waals surface area contributed by atoms with Gasteiger partial charge in [0.2, 0.25) is 11.8 Å². The van der Waals surface area contributed by atoms with Crippen LogP contribution in [0.3, 0.4) is 0 Å². The number of nitrogens with zero attached hydrogens (tertiary/aromatic N) is 4. The maximum atomic E-state index is 13.7. The van der Waals surface area contributed by atoms with E-state index in [-0.39, 0.29) is 35.7 Å². The minimum absolute atomic E-state index is 0.105. The van der Waals surface area contributed by atoms with Crippen LogP contribution in [0.25, 0.3) is 42.8 Å². The lowest BCUT2D eigenvalue weighted by Crippen LogP contribution is -2.51. The maximum Gasteiger partial charge on any atom is 0.407 e. The third-order valence-electron chi connectivity index (χ3n) is 11.5. The largest absolute Gasteiger partial charge is 0.465 e. The average Bonchev–Trinajstić information content (AvgIpc) is 4.02. The van der Waals surface area contributed by atoms with Gasteiger partial charge in [-0.15, -0.1) is 11.3 Å². The number of rotatable bonds is 9. The van der Waals surface area contributed by atoms with E-state index in [9.17, 15) is 24.3 Å². The van der Waals surface area contributed by atoms with Crippen LogP contribution < -0.4 is 10.6 Å². The highest BCUT2D eigenvalue weighted by Gasteiger charge is 2.39. The molecule has 4 amide bonds. The first-order chi connectivity index (χ1) is 26.9. The van der Waals surface area contributed by atoms with E-state index in [1.807, 2.05) is 38.7 Å². The summed E-state index contributed by atoms with van der Waals surface area (Å²) in [6, 6.07) is 10.9. The first kappa shape index (κ1) is 37.5. The maximum absolute atomic E-state index is 13.7. The van der Waals surface area contributed by atoms with Gasteiger partial charge in [-0.2, -0.15) is 0 Å². The highest BCUT2D eigenvalue weighted by molar-refractivity contribution is 7.19. The topological polar surface area (TPSA) is 186 Å². The number of alkyl carbamates (subject to hydrolysis) is 1. The Balaban J connectivity index is 1.04. The fourth-order valence-corrected chi connectivity index (χ4v) is 9.86. The standard InChI is InChI=1S/C41H48N8O6S/c1-20(2)31(46-40(52)53)38(50)48-16-6-8-28(48)36-42-26-14-11-22-18-23(10-13-25(22)33(26)44-36)30-19-24-12-15-27-34(35(24)56-30)45-37(43-27)29-9-7-17-49(29)39(51)32(21(3)4)47-41(54)55-5/h10-11,13-14,18-21,28-29,31-32,46H,6-9,12,15-17H2,1-5H3,(H,42,44)(H,43,45)(H,47,54)(H,52,53)/t28-,29-,31-,32-/m0/s1. The van der Waals surface area contributed by atoms with Crippen LogP contribution in [0.2, 0.25) is 0 Å². The number of thiophene rings is 1. The molecular formula is C41H48N8O6S. The Labute approximate surface area is 328 Å². The number of H-pyrrole nitrogens is 2. The van der Waals surface area contributed by atoms with Gasteiger partial charge in [-0.05, 0) is 85.1 Å². The summed E-state index contributed by atoms with van der Waals surface area (Å²) in [5.41, 5.74) is 6.13. The van der Waals surface area contributed by atoms with Gasteiger partial charge >= 0.3 is 12.2 Å². The predicted octanol–water partition coefficient (Wildman–Crippen LogP) is 6.93. The van der Waals surface area contributed by atoms with Crippen LogP contribution in [0.1, 0.15) is 88.4 Å². The van der Waals surface area contributed by atoms with Crippen LogP contribution in [-0.2, 0) is 27.2 Å². The molecule has 294 valence electrons. The number of aryl methyl sites for hydroxylation is 2. The van der Waals surface area contributed by atoms with Crippen molar-refractivity contribution in [2.75, 3.05) is 20.2 Å². The zero-order chi connectivity index (χ0) is 39.4. The Morgan fingerprint density at radius 1 is 0.857 bits per heavy atom. The Morgan fingerprint density at radius 3 is 2.16 bits per heavy atom. The van der Waals surface area contributed by atoms with Crippen LogP contribution in [0.5, 0.6) is 0 Å². The first-order valence-electron chi connectivity index (χ1n) is 19.5. The number of hydrogen-bond donors (Lipinski definition) is 5. The van der Waals surface area contributed by atoms with E-state index in [4.69, 9.17) is 14.7 Å². The van der Waals surface area contributed by atoms with E-state index in [2.05, 4.69) is 50.9 Å². The molecule has 56 heavy (non-hydrogen) atoms. The number of benzene rings is 2. The Kier molecular flexibility index (Phi) is 9.97. The summed E-state index contributed by atoms with van der Waals surface area (Å²) in [7, 11) is 1.30. The number of ether oxygens (including phenoxy) is 1. The second-order valence-electron chi connectivity index (χ2n) is 15.8. The molecule has 3 aromatic heterocycles. The molecule has 2 fully saturated rings. The molecule has 0 radical (unpaired) electrons. The van der Waals surface area contributed by atoms with Crippen molar-refractivity contribution in [2.45, 2.75) is 90.4 Å². The van der Waals surface area contributed by atoms with Gasteiger partial charge in [0, 0.05) is 29.0 Å². The molecule has 0 bridgehead atoms. The van der Waals surface area contributed by atoms with E-state index in [0.29, 0.717) is 18.9 Å². The normalized spacial score (nSPS) is 19.1. The number of carbonyl (C=O) groups excluding carboxylic acids is 3. The number of fused-ring (bicyclic) bond motifs is 6. The first-order valence-corrected chi connectivity index (χ1v) is 20.3. The second-order valence-corrected chi connectivity index (χ2v) is 16.9. The number of nitrogens with one attached hydrogen (secondary N) is 4. The third kappa shape index (κ3) is 6.75. The molecule has 15 heteroatoms. The van der Waals surface area contributed by atoms with Gasteiger partial charge in [-0.3, -0.25) is 9.59 Å². The van der Waals surface area contributed by atoms with Crippen molar-refractivity contribution in [2.24, 2.45) is 11.8 Å². The second kappa shape index (κ2) is 14.9. The fourth-order valence-electron chi connectivity index (χ4n) is 8.64. The highest BCUT2D eigenvalue weighted by Crippen LogP contribution is 2.44. The predicted molar refractivity (Wildman–Crippen MR) is 213 cm³/mol. The van der Waals surface area contributed by atoms with Gasteiger partial charge < -0.3 is 40.2 Å². The van der Waals surface area contributed by atoms with Gasteiger partial charge in [-0.25, -0.2) is 19.6 Å². The molecule has 0 saturated carbocycles. The average molecular weight is 781 g/mol. The summed E-state index contributed by atoms with van der Waals surface area (Å²) in [4.78, 5) is 74.0. The van der Waals surface area contributed by atoms with Crippen molar-refractivity contribution in [3.63, 3.8) is 0 Å². The van der Waals surface area contributed by atoms with Crippen molar-refractivity contribution >= 4 is 57.1 Å². The lowest BCUT2D eigenvalue weighted by Gasteiger charge is -2.30. The van der Waals surface area contributed by atoms with Gasteiger partial charge in [0.1, 0.15) is 29.4 Å². The minimum Gasteiger partial charge on any atom is -0.465 e. The number of imidazole rings is 2. The summed E-state index contributed by atoms with van der Waals surface area (Å²) >= 11 is 1.73. The van der Waals surface area contributed by atoms with Crippen molar-refractivity contribution in [3.05, 3.63) is 59.3 Å². The van der Waals surface area contributed by atoms with Crippen molar-refractivity contribution in [1.82, 2.24) is 40.4 Å². The van der Waals surface area contributed by atoms with Crippen LogP contribution in [0.15, 0.2) is 36.4 Å². The van der Waals surface area contributed by atoms with E-state index < -0.39 is 24.3 Å². The molecule has 2 aromatic carbocycles. The SMILES string of the molecule is COC(=O)N[C@H](C(=O)N1CCC[C@H]1c1nc2c([nH]1)CCc1cc(-c3ccc4c(ccc5[nH]c([C@@H]6CCCN6C(=O)[C@@H](NC(=O)O)C(C)C)nc54)c3)sc1-2)C(C)C. The number of amides is 4. The molecule has 14 nitrogen and oxygen atoms in total. The number of aromatic nitrogens is 4. The molecule has 2 aliphatic heterocycles. The van der Waals surface area contributed by atoms with Crippen LogP contribution in [0.4, 0.5) is 9.59 Å². The summed E-state index contributed by atoms with van der Waals surface area (Å²) in [6.45, 7) is 8.67. The van der Waals surface area contributed by atoms with Crippen molar-refractivity contribution in [1.29, 1.82) is 0 Å². The van der Waals surface area contributed by atoms with Gasteiger partial charge in [0.15, 0.2) is 0 Å². The quantitative estimate of drug-likeness (QED) is 0.107. The fraction of sp³-hybridized carbons (Fsp3) is 0.463. The van der Waals surface area contributed by atoms with Crippen molar-refractivity contribution < 1.29 is 29.0 Å². The van der Waals surface area contributed by atoms with Gasteiger partial charge in [0.25, 0.3) is 0 Å². The molecule has 8 rings (SSSR count). The highest BCUT2D eigenvalue weighted by atomic mass is 32.1. The molecule has 5 heterocycles. The molecule has 3 aliphatic rings. The smallest absolute Gasteiger partial charge is 0.407 e. The number of carboxylic acid groups (broad SMARTS) is 1. The molecule has 5 N–H and O–H groups in total. The third-order valence-corrected chi connectivity index (χ3v) is 12.8. The monoisotopic (exact) mass is 780 g/mol. The van der Waals surface area contributed by atoms with E-state index in [0.717, 1.165) is 92.9 Å².